The van der Waals surface area contributed by atoms with Crippen molar-refractivity contribution in [3.63, 3.8) is 0 Å². The summed E-state index contributed by atoms with van der Waals surface area (Å²) < 4.78 is 7.08. The number of halogens is 1. The average molecular weight is 358 g/mol. The van der Waals surface area contributed by atoms with Crippen LogP contribution in [0.3, 0.4) is 0 Å². The van der Waals surface area contributed by atoms with E-state index in [0.29, 0.717) is 13.1 Å². The Morgan fingerprint density at radius 2 is 1.71 bits per heavy atom. The SMILES string of the molecule is Cc1c(Br)c(N(CCO)CCO)c(C)c2c1OC(C)(C)C2. The van der Waals surface area contributed by atoms with Crippen molar-refractivity contribution in [3.8, 4) is 5.75 Å². The smallest absolute Gasteiger partial charge is 0.127 e. The third kappa shape index (κ3) is 3.05. The fourth-order valence-corrected chi connectivity index (χ4v) is 3.75. The second-order valence-corrected chi connectivity index (χ2v) is 6.99. The summed E-state index contributed by atoms with van der Waals surface area (Å²) in [6, 6.07) is 0. The summed E-state index contributed by atoms with van der Waals surface area (Å²) in [6.07, 6.45) is 0.876. The van der Waals surface area contributed by atoms with Gasteiger partial charge in [0, 0.05) is 35.1 Å². The van der Waals surface area contributed by atoms with Crippen LogP contribution in [0.15, 0.2) is 4.47 Å². The highest BCUT2D eigenvalue weighted by Gasteiger charge is 2.35. The van der Waals surface area contributed by atoms with Crippen molar-refractivity contribution in [3.05, 3.63) is 21.2 Å². The van der Waals surface area contributed by atoms with E-state index in [1.165, 1.54) is 5.56 Å². The summed E-state index contributed by atoms with van der Waals surface area (Å²) in [4.78, 5) is 2.03. The Labute approximate surface area is 134 Å². The third-order valence-corrected chi connectivity index (χ3v) is 4.97. The minimum atomic E-state index is -0.186. The van der Waals surface area contributed by atoms with E-state index in [0.717, 1.165) is 33.5 Å². The van der Waals surface area contributed by atoms with Crippen molar-refractivity contribution >= 4 is 21.6 Å². The molecule has 1 aliphatic heterocycles. The standard InChI is InChI=1S/C16H24BrNO3/c1-10-12-9-16(3,4)21-15(12)11(2)13(17)14(10)18(5-7-19)6-8-20/h19-20H,5-9H2,1-4H3. The van der Waals surface area contributed by atoms with Crippen molar-refractivity contribution in [1.82, 2.24) is 0 Å². The van der Waals surface area contributed by atoms with Gasteiger partial charge in [-0.05, 0) is 49.2 Å². The monoisotopic (exact) mass is 357 g/mol. The highest BCUT2D eigenvalue weighted by atomic mass is 79.9. The van der Waals surface area contributed by atoms with Gasteiger partial charge in [-0.15, -0.1) is 0 Å². The van der Waals surface area contributed by atoms with Gasteiger partial charge in [-0.3, -0.25) is 0 Å². The molecule has 0 amide bonds. The largest absolute Gasteiger partial charge is 0.487 e. The molecule has 1 aromatic rings. The van der Waals surface area contributed by atoms with Gasteiger partial charge in [-0.2, -0.15) is 0 Å². The van der Waals surface area contributed by atoms with E-state index < -0.39 is 0 Å². The zero-order valence-corrected chi connectivity index (χ0v) is 14.7. The molecule has 0 saturated carbocycles. The lowest BCUT2D eigenvalue weighted by atomic mass is 9.95. The molecule has 2 rings (SSSR count). The number of hydrogen-bond donors (Lipinski definition) is 2. The van der Waals surface area contributed by atoms with Gasteiger partial charge in [-0.25, -0.2) is 0 Å². The number of anilines is 1. The molecule has 1 aromatic carbocycles. The minimum Gasteiger partial charge on any atom is -0.487 e. The number of ether oxygens (including phenoxy) is 1. The normalized spacial score (nSPS) is 15.8. The fourth-order valence-electron chi connectivity index (χ4n) is 3.02. The number of hydrogen-bond acceptors (Lipinski definition) is 4. The predicted octanol–water partition coefficient (Wildman–Crippen LogP) is 2.57. The van der Waals surface area contributed by atoms with Crippen LogP contribution in [0.4, 0.5) is 5.69 Å². The molecule has 1 heterocycles. The quantitative estimate of drug-likeness (QED) is 0.850. The molecule has 0 spiro atoms. The van der Waals surface area contributed by atoms with Crippen LogP contribution in [0.5, 0.6) is 5.75 Å². The predicted molar refractivity (Wildman–Crippen MR) is 88.4 cm³/mol. The number of rotatable bonds is 5. The summed E-state index contributed by atoms with van der Waals surface area (Å²) in [5.41, 5.74) is 4.34. The van der Waals surface area contributed by atoms with Crippen molar-refractivity contribution in [2.24, 2.45) is 0 Å². The van der Waals surface area contributed by atoms with Gasteiger partial charge < -0.3 is 19.8 Å². The van der Waals surface area contributed by atoms with Crippen LogP contribution in [0.1, 0.15) is 30.5 Å². The van der Waals surface area contributed by atoms with Crippen LogP contribution in [0.2, 0.25) is 0 Å². The summed E-state index contributed by atoms with van der Waals surface area (Å²) in [7, 11) is 0. The summed E-state index contributed by atoms with van der Waals surface area (Å²) in [5, 5.41) is 18.6. The maximum absolute atomic E-state index is 9.29. The van der Waals surface area contributed by atoms with Gasteiger partial charge in [0.25, 0.3) is 0 Å². The van der Waals surface area contributed by atoms with Crippen molar-refractivity contribution in [1.29, 1.82) is 0 Å². The Kier molecular flexibility index (Phi) is 4.85. The third-order valence-electron chi connectivity index (χ3n) is 4.00. The van der Waals surface area contributed by atoms with E-state index >= 15 is 0 Å². The zero-order chi connectivity index (χ0) is 15.8. The van der Waals surface area contributed by atoms with E-state index in [1.807, 2.05) is 11.8 Å². The Bertz CT molecular complexity index is 537. The Balaban J connectivity index is 2.56. The van der Waals surface area contributed by atoms with Crippen LogP contribution in [-0.4, -0.2) is 42.1 Å². The summed E-state index contributed by atoms with van der Waals surface area (Å²) in [6.45, 7) is 9.45. The van der Waals surface area contributed by atoms with Crippen LogP contribution in [-0.2, 0) is 6.42 Å². The molecule has 5 heteroatoms. The zero-order valence-electron chi connectivity index (χ0n) is 13.2. The number of benzene rings is 1. The van der Waals surface area contributed by atoms with Crippen LogP contribution in [0, 0.1) is 13.8 Å². The topological polar surface area (TPSA) is 52.9 Å². The molecule has 118 valence electrons. The molecular weight excluding hydrogens is 334 g/mol. The van der Waals surface area contributed by atoms with Crippen LogP contribution >= 0.6 is 15.9 Å². The van der Waals surface area contributed by atoms with Gasteiger partial charge in [0.05, 0.1) is 18.9 Å². The molecule has 21 heavy (non-hydrogen) atoms. The van der Waals surface area contributed by atoms with Gasteiger partial charge in [0.2, 0.25) is 0 Å². The van der Waals surface area contributed by atoms with Crippen molar-refractivity contribution < 1.29 is 14.9 Å². The highest BCUT2D eigenvalue weighted by molar-refractivity contribution is 9.10. The number of aliphatic hydroxyl groups is 2. The second-order valence-electron chi connectivity index (χ2n) is 6.19. The highest BCUT2D eigenvalue weighted by Crippen LogP contribution is 2.47. The minimum absolute atomic E-state index is 0.0595. The van der Waals surface area contributed by atoms with E-state index in [1.54, 1.807) is 0 Å². The van der Waals surface area contributed by atoms with E-state index in [9.17, 15) is 10.2 Å². The maximum Gasteiger partial charge on any atom is 0.127 e. The van der Waals surface area contributed by atoms with Gasteiger partial charge in [0.15, 0.2) is 0 Å². The number of aliphatic hydroxyl groups excluding tert-OH is 2. The van der Waals surface area contributed by atoms with Crippen LogP contribution in [0.25, 0.3) is 0 Å². The molecule has 4 nitrogen and oxygen atoms in total. The first-order valence-electron chi connectivity index (χ1n) is 7.29. The van der Waals surface area contributed by atoms with Crippen molar-refractivity contribution in [2.45, 2.75) is 39.7 Å². The molecule has 0 aliphatic carbocycles. The summed E-state index contributed by atoms with van der Waals surface area (Å²) >= 11 is 3.68. The lowest BCUT2D eigenvalue weighted by Crippen LogP contribution is -2.31. The first-order chi connectivity index (χ1) is 9.82. The van der Waals surface area contributed by atoms with E-state index in [-0.39, 0.29) is 18.8 Å². The molecule has 2 N–H and O–H groups in total. The molecule has 0 atom stereocenters. The maximum atomic E-state index is 9.29. The molecule has 0 radical (unpaired) electrons. The molecule has 0 bridgehead atoms. The first-order valence-corrected chi connectivity index (χ1v) is 8.09. The van der Waals surface area contributed by atoms with Gasteiger partial charge in [-0.1, -0.05) is 0 Å². The fraction of sp³-hybridized carbons (Fsp3) is 0.625. The molecule has 0 fully saturated rings. The summed E-state index contributed by atoms with van der Waals surface area (Å²) in [5.74, 6) is 0.973. The lowest BCUT2D eigenvalue weighted by molar-refractivity contribution is 0.137. The van der Waals surface area contributed by atoms with Gasteiger partial charge in [0.1, 0.15) is 11.4 Å². The molecule has 1 aliphatic rings. The Morgan fingerprint density at radius 1 is 1.14 bits per heavy atom. The number of nitrogens with zero attached hydrogens (tertiary/aromatic N) is 1. The van der Waals surface area contributed by atoms with Crippen LogP contribution < -0.4 is 9.64 Å². The molecular formula is C16H24BrNO3. The number of fused-ring (bicyclic) bond motifs is 1. The Hall–Kier alpha value is -0.780. The van der Waals surface area contributed by atoms with E-state index in [4.69, 9.17) is 4.74 Å². The molecule has 0 saturated heterocycles. The molecule has 0 unspecified atom stereocenters. The van der Waals surface area contributed by atoms with Gasteiger partial charge >= 0.3 is 0 Å². The van der Waals surface area contributed by atoms with Crippen molar-refractivity contribution in [2.75, 3.05) is 31.2 Å². The lowest BCUT2D eigenvalue weighted by Gasteiger charge is -2.28. The first kappa shape index (κ1) is 16.6. The van der Waals surface area contributed by atoms with E-state index in [2.05, 4.69) is 36.7 Å². The second kappa shape index (κ2) is 6.15. The molecule has 0 aromatic heterocycles. The average Bonchev–Trinajstić information content (AvgIpc) is 2.73. The Morgan fingerprint density at radius 3 is 2.24 bits per heavy atom.